The number of halogens is 2. The number of rotatable bonds is 2. The highest BCUT2D eigenvalue weighted by molar-refractivity contribution is 7.17. The molecule has 0 radical (unpaired) electrons. The van der Waals surface area contributed by atoms with Crippen LogP contribution in [0.1, 0.15) is 5.56 Å². The minimum atomic E-state index is -0.343. The van der Waals surface area contributed by atoms with Gasteiger partial charge in [-0.15, -0.1) is 11.3 Å². The van der Waals surface area contributed by atoms with Crippen molar-refractivity contribution in [2.45, 2.75) is 6.42 Å². The van der Waals surface area contributed by atoms with Gasteiger partial charge in [0.05, 0.1) is 0 Å². The van der Waals surface area contributed by atoms with Crippen LogP contribution in [0.4, 0.5) is 0 Å². The molecule has 2 aromatic rings. The molecule has 0 N–H and O–H groups in total. The van der Waals surface area contributed by atoms with Crippen molar-refractivity contribution in [2.24, 2.45) is 0 Å². The molecule has 1 aromatic carbocycles. The summed E-state index contributed by atoms with van der Waals surface area (Å²) >= 11 is 12.8. The molecule has 0 aliphatic carbocycles. The second kappa shape index (κ2) is 3.89. The molecule has 0 fully saturated rings. The summed E-state index contributed by atoms with van der Waals surface area (Å²) in [6.45, 7) is 0. The normalized spacial score (nSPS) is 10.7. The molecule has 0 aliphatic heterocycles. The third-order valence-electron chi connectivity index (χ3n) is 1.95. The molecular weight excluding hydrogens is 239 g/mol. The van der Waals surface area contributed by atoms with Crippen LogP contribution in [0.25, 0.3) is 10.1 Å². The van der Waals surface area contributed by atoms with Gasteiger partial charge in [-0.05, 0) is 46.1 Å². The lowest BCUT2D eigenvalue weighted by molar-refractivity contribution is -0.111. The molecule has 1 heterocycles. The van der Waals surface area contributed by atoms with Crippen molar-refractivity contribution in [2.75, 3.05) is 0 Å². The zero-order valence-electron chi connectivity index (χ0n) is 7.09. The first-order valence-corrected chi connectivity index (χ1v) is 5.64. The van der Waals surface area contributed by atoms with Crippen LogP contribution in [0, 0.1) is 0 Å². The Morgan fingerprint density at radius 1 is 1.43 bits per heavy atom. The van der Waals surface area contributed by atoms with Gasteiger partial charge in [0.2, 0.25) is 5.24 Å². The van der Waals surface area contributed by atoms with Crippen LogP contribution < -0.4 is 0 Å². The van der Waals surface area contributed by atoms with Gasteiger partial charge in [0.15, 0.2) is 0 Å². The van der Waals surface area contributed by atoms with E-state index in [2.05, 4.69) is 0 Å². The lowest BCUT2D eigenvalue weighted by Gasteiger charge is -1.95. The highest BCUT2D eigenvalue weighted by Crippen LogP contribution is 2.29. The standard InChI is InChI=1S/C10H6Cl2OS/c11-7-1-2-9-8(4-7)6(5-14-9)3-10(12)13/h1-2,4-5H,3H2. The van der Waals surface area contributed by atoms with E-state index in [0.717, 1.165) is 15.6 Å². The number of benzene rings is 1. The van der Waals surface area contributed by atoms with E-state index in [1.807, 2.05) is 23.6 Å². The molecule has 1 aromatic heterocycles. The summed E-state index contributed by atoms with van der Waals surface area (Å²) in [5.74, 6) is 0. The molecule has 72 valence electrons. The quantitative estimate of drug-likeness (QED) is 0.734. The molecule has 14 heavy (non-hydrogen) atoms. The predicted octanol–water partition coefficient (Wildman–Crippen LogP) is 3.86. The van der Waals surface area contributed by atoms with Crippen LogP contribution in [0.5, 0.6) is 0 Å². The molecule has 0 aliphatic rings. The zero-order chi connectivity index (χ0) is 10.1. The van der Waals surface area contributed by atoms with Crippen molar-refractivity contribution in [1.29, 1.82) is 0 Å². The molecule has 0 saturated carbocycles. The first kappa shape index (κ1) is 9.97. The highest BCUT2D eigenvalue weighted by Gasteiger charge is 2.07. The number of carbonyl (C=O) groups excluding carboxylic acids is 1. The average Bonchev–Trinajstić information content (AvgIpc) is 2.47. The minimum Gasteiger partial charge on any atom is -0.281 e. The fraction of sp³-hybridized carbons (Fsp3) is 0.100. The Balaban J connectivity index is 2.55. The average molecular weight is 245 g/mol. The van der Waals surface area contributed by atoms with E-state index in [0.29, 0.717) is 5.02 Å². The lowest BCUT2D eigenvalue weighted by Crippen LogP contribution is -1.91. The second-order valence-electron chi connectivity index (χ2n) is 2.93. The monoisotopic (exact) mass is 244 g/mol. The maximum absolute atomic E-state index is 10.8. The topological polar surface area (TPSA) is 17.1 Å². The van der Waals surface area contributed by atoms with Gasteiger partial charge in [0, 0.05) is 16.1 Å². The van der Waals surface area contributed by atoms with Crippen molar-refractivity contribution >= 4 is 49.9 Å². The lowest BCUT2D eigenvalue weighted by atomic mass is 10.1. The third-order valence-corrected chi connectivity index (χ3v) is 3.33. The van der Waals surface area contributed by atoms with E-state index >= 15 is 0 Å². The van der Waals surface area contributed by atoms with E-state index < -0.39 is 0 Å². The van der Waals surface area contributed by atoms with Crippen molar-refractivity contribution in [1.82, 2.24) is 0 Å². The van der Waals surface area contributed by atoms with E-state index in [-0.39, 0.29) is 11.7 Å². The number of thiophene rings is 1. The smallest absolute Gasteiger partial charge is 0.226 e. The van der Waals surface area contributed by atoms with Gasteiger partial charge in [-0.25, -0.2) is 0 Å². The van der Waals surface area contributed by atoms with Gasteiger partial charge in [-0.2, -0.15) is 0 Å². The molecule has 0 unspecified atom stereocenters. The van der Waals surface area contributed by atoms with Gasteiger partial charge < -0.3 is 0 Å². The zero-order valence-corrected chi connectivity index (χ0v) is 9.42. The molecule has 0 bridgehead atoms. The van der Waals surface area contributed by atoms with Crippen LogP contribution in [-0.4, -0.2) is 5.24 Å². The first-order chi connectivity index (χ1) is 6.66. The summed E-state index contributed by atoms with van der Waals surface area (Å²) in [4.78, 5) is 10.8. The fourth-order valence-corrected chi connectivity index (χ4v) is 2.60. The van der Waals surface area contributed by atoms with E-state index in [9.17, 15) is 4.79 Å². The van der Waals surface area contributed by atoms with Crippen LogP contribution >= 0.6 is 34.5 Å². The van der Waals surface area contributed by atoms with Gasteiger partial charge in [0.25, 0.3) is 0 Å². The van der Waals surface area contributed by atoms with E-state index in [4.69, 9.17) is 23.2 Å². The highest BCUT2D eigenvalue weighted by atomic mass is 35.5. The Bertz CT molecular complexity index is 490. The summed E-state index contributed by atoms with van der Waals surface area (Å²) < 4.78 is 1.13. The SMILES string of the molecule is O=C(Cl)Cc1csc2ccc(Cl)cc12. The molecule has 0 amide bonds. The van der Waals surface area contributed by atoms with Gasteiger partial charge in [-0.3, -0.25) is 4.79 Å². The molecule has 1 nitrogen and oxygen atoms in total. The number of fused-ring (bicyclic) bond motifs is 1. The van der Waals surface area contributed by atoms with Gasteiger partial charge in [-0.1, -0.05) is 11.6 Å². The Hall–Kier alpha value is -0.570. The molecular formula is C10H6Cl2OS. The van der Waals surface area contributed by atoms with Gasteiger partial charge in [0.1, 0.15) is 0 Å². The molecule has 0 atom stereocenters. The Labute approximate surface area is 95.3 Å². The second-order valence-corrected chi connectivity index (χ2v) is 4.70. The van der Waals surface area contributed by atoms with E-state index in [1.165, 1.54) is 0 Å². The number of hydrogen-bond acceptors (Lipinski definition) is 2. The maximum Gasteiger partial charge on any atom is 0.226 e. The summed E-state index contributed by atoms with van der Waals surface area (Å²) in [5.41, 5.74) is 0.951. The molecule has 4 heteroatoms. The largest absolute Gasteiger partial charge is 0.281 e. The maximum atomic E-state index is 10.8. The van der Waals surface area contributed by atoms with Crippen LogP contribution in [0.15, 0.2) is 23.6 Å². The Morgan fingerprint density at radius 3 is 2.93 bits per heavy atom. The van der Waals surface area contributed by atoms with Crippen LogP contribution in [0.2, 0.25) is 5.02 Å². The summed E-state index contributed by atoms with van der Waals surface area (Å²) in [6.07, 6.45) is 0.266. The van der Waals surface area contributed by atoms with E-state index in [1.54, 1.807) is 11.3 Å². The van der Waals surface area contributed by atoms with Crippen molar-refractivity contribution < 1.29 is 4.79 Å². The molecule has 0 spiro atoms. The Morgan fingerprint density at radius 2 is 2.21 bits per heavy atom. The van der Waals surface area contributed by atoms with Crippen LogP contribution in [-0.2, 0) is 11.2 Å². The minimum absolute atomic E-state index is 0.266. The fourth-order valence-electron chi connectivity index (χ4n) is 1.34. The molecule has 0 saturated heterocycles. The summed E-state index contributed by atoms with van der Waals surface area (Å²) in [7, 11) is 0. The van der Waals surface area contributed by atoms with Gasteiger partial charge >= 0.3 is 0 Å². The van der Waals surface area contributed by atoms with Crippen LogP contribution in [0.3, 0.4) is 0 Å². The predicted molar refractivity (Wildman–Crippen MR) is 61.4 cm³/mol. The van der Waals surface area contributed by atoms with Crippen molar-refractivity contribution in [3.05, 3.63) is 34.2 Å². The molecule has 2 rings (SSSR count). The number of hydrogen-bond donors (Lipinski definition) is 0. The van der Waals surface area contributed by atoms with Crippen molar-refractivity contribution in [3.8, 4) is 0 Å². The third kappa shape index (κ3) is 1.92. The Kier molecular flexibility index (Phi) is 2.77. The summed E-state index contributed by atoms with van der Waals surface area (Å²) in [5, 5.41) is 3.31. The first-order valence-electron chi connectivity index (χ1n) is 4.01. The van der Waals surface area contributed by atoms with Crippen molar-refractivity contribution in [3.63, 3.8) is 0 Å². The summed E-state index contributed by atoms with van der Waals surface area (Å²) in [6, 6.07) is 5.65. The number of carbonyl (C=O) groups is 1.